The number of carbonyl (C=O) groups excluding carboxylic acids is 1. The highest BCUT2D eigenvalue weighted by molar-refractivity contribution is 7.12. The predicted octanol–water partition coefficient (Wildman–Crippen LogP) is 4.07. The number of pyridine rings is 1. The molecule has 0 atom stereocenters. The first-order valence-corrected chi connectivity index (χ1v) is 8.65. The summed E-state index contributed by atoms with van der Waals surface area (Å²) >= 11 is 1.41. The van der Waals surface area contributed by atoms with Gasteiger partial charge in [-0.05, 0) is 48.9 Å². The fraction of sp³-hybridized carbons (Fsp3) is 0.353. The number of thiophene rings is 1. The maximum absolute atomic E-state index is 12.6. The van der Waals surface area contributed by atoms with Crippen LogP contribution in [-0.4, -0.2) is 23.7 Å². The molecule has 6 heteroatoms. The van der Waals surface area contributed by atoms with Gasteiger partial charge < -0.3 is 5.32 Å². The molecule has 1 amide bonds. The van der Waals surface area contributed by atoms with Gasteiger partial charge >= 0.3 is 0 Å². The number of nitrogens with zero attached hydrogens (tertiary/aromatic N) is 3. The normalized spacial score (nSPS) is 14.7. The summed E-state index contributed by atoms with van der Waals surface area (Å²) in [5.41, 5.74) is 1.57. The van der Waals surface area contributed by atoms with E-state index in [2.05, 4.69) is 22.1 Å². The molecule has 1 fully saturated rings. The average molecular weight is 328 g/mol. The van der Waals surface area contributed by atoms with Gasteiger partial charge in [0.05, 0.1) is 16.8 Å². The van der Waals surface area contributed by atoms with E-state index in [0.29, 0.717) is 16.6 Å². The molecule has 2 aromatic rings. The maximum Gasteiger partial charge on any atom is 0.289 e. The minimum atomic E-state index is -0.175. The summed E-state index contributed by atoms with van der Waals surface area (Å²) in [7, 11) is 0. The zero-order valence-corrected chi connectivity index (χ0v) is 14.0. The van der Waals surface area contributed by atoms with Crippen molar-refractivity contribution < 1.29 is 4.79 Å². The number of amides is 1. The van der Waals surface area contributed by atoms with Crippen LogP contribution in [0.4, 0.5) is 11.5 Å². The van der Waals surface area contributed by atoms with Gasteiger partial charge in [-0.2, -0.15) is 10.1 Å². The van der Waals surface area contributed by atoms with Crippen molar-refractivity contribution >= 4 is 35.5 Å². The highest BCUT2D eigenvalue weighted by Crippen LogP contribution is 2.25. The quantitative estimate of drug-likeness (QED) is 0.665. The number of hydrazone groups is 1. The molecule has 0 spiro atoms. The molecule has 3 rings (SSSR count). The second kappa shape index (κ2) is 6.91. The number of anilines is 2. The van der Waals surface area contributed by atoms with E-state index in [0.717, 1.165) is 11.4 Å². The van der Waals surface area contributed by atoms with Crippen LogP contribution in [0.25, 0.3) is 0 Å². The molecular formula is C17H20N4OS. The molecule has 0 aliphatic heterocycles. The zero-order valence-electron chi connectivity index (χ0n) is 13.2. The molecular weight excluding hydrogens is 308 g/mol. The van der Waals surface area contributed by atoms with Crippen LogP contribution in [0.2, 0.25) is 0 Å². The van der Waals surface area contributed by atoms with E-state index in [-0.39, 0.29) is 5.91 Å². The van der Waals surface area contributed by atoms with E-state index in [1.54, 1.807) is 6.20 Å². The number of hydrogen-bond acceptors (Lipinski definition) is 5. The molecule has 1 N–H and O–H groups in total. The predicted molar refractivity (Wildman–Crippen MR) is 95.5 cm³/mol. The van der Waals surface area contributed by atoms with Gasteiger partial charge in [0.25, 0.3) is 5.91 Å². The van der Waals surface area contributed by atoms with Crippen LogP contribution in [0, 0.1) is 6.92 Å². The van der Waals surface area contributed by atoms with Crippen LogP contribution in [0.1, 0.15) is 40.9 Å². The smallest absolute Gasteiger partial charge is 0.289 e. The van der Waals surface area contributed by atoms with Gasteiger partial charge in [-0.1, -0.05) is 12.8 Å². The lowest BCUT2D eigenvalue weighted by atomic mass is 10.2. The van der Waals surface area contributed by atoms with E-state index in [9.17, 15) is 4.79 Å². The third-order valence-corrected chi connectivity index (χ3v) is 5.09. The minimum Gasteiger partial charge on any atom is -0.367 e. The van der Waals surface area contributed by atoms with Crippen molar-refractivity contribution in [3.05, 3.63) is 40.2 Å². The second-order valence-electron chi connectivity index (χ2n) is 5.72. The number of aromatic nitrogens is 1. The van der Waals surface area contributed by atoms with Crippen molar-refractivity contribution in [2.75, 3.05) is 10.3 Å². The Hall–Kier alpha value is -2.21. The number of aryl methyl sites for hydroxylation is 1. The Labute approximate surface area is 140 Å². The fourth-order valence-electron chi connectivity index (χ4n) is 2.83. The van der Waals surface area contributed by atoms with Crippen LogP contribution in [0.15, 0.2) is 34.9 Å². The summed E-state index contributed by atoms with van der Waals surface area (Å²) in [5.74, 6) is 0.662. The van der Waals surface area contributed by atoms with Gasteiger partial charge in [0.2, 0.25) is 0 Å². The van der Waals surface area contributed by atoms with Gasteiger partial charge in [0.1, 0.15) is 5.82 Å². The summed E-state index contributed by atoms with van der Waals surface area (Å²) in [6.45, 7) is 5.43. The summed E-state index contributed by atoms with van der Waals surface area (Å²) < 4.78 is 0. The largest absolute Gasteiger partial charge is 0.367 e. The van der Waals surface area contributed by atoms with Crippen molar-refractivity contribution in [1.29, 1.82) is 0 Å². The topological polar surface area (TPSA) is 57.6 Å². The Balaban J connectivity index is 1.75. The third kappa shape index (κ3) is 3.42. The van der Waals surface area contributed by atoms with Crippen molar-refractivity contribution in [3.63, 3.8) is 0 Å². The highest BCUT2D eigenvalue weighted by atomic mass is 32.1. The van der Waals surface area contributed by atoms with Gasteiger partial charge in [0.15, 0.2) is 0 Å². The lowest BCUT2D eigenvalue weighted by Crippen LogP contribution is -2.25. The summed E-state index contributed by atoms with van der Waals surface area (Å²) in [6.07, 6.45) is 6.60. The Morgan fingerprint density at radius 1 is 1.39 bits per heavy atom. The van der Waals surface area contributed by atoms with Crippen molar-refractivity contribution in [1.82, 2.24) is 4.98 Å². The summed E-state index contributed by atoms with van der Waals surface area (Å²) in [6, 6.07) is 6.17. The molecule has 0 saturated heterocycles. The summed E-state index contributed by atoms with van der Waals surface area (Å²) in [4.78, 5) is 17.7. The fourth-order valence-corrected chi connectivity index (χ4v) is 3.68. The lowest BCUT2D eigenvalue weighted by molar-refractivity contribution is 0.0991. The van der Waals surface area contributed by atoms with Gasteiger partial charge in [-0.15, -0.1) is 11.3 Å². The minimum absolute atomic E-state index is 0.175. The first kappa shape index (κ1) is 15.7. The van der Waals surface area contributed by atoms with Gasteiger partial charge in [0, 0.05) is 12.8 Å². The standard InChI is InChI=1S/C17H20N4OS/c1-12-9-10-23-16(12)17(22)21(18-2)14-7-8-15(19-11-14)20-13-5-3-4-6-13/h7-11,13H,2-6H2,1H3,(H,19,20). The molecule has 0 bridgehead atoms. The number of carbonyl (C=O) groups is 1. The van der Waals surface area contributed by atoms with Crippen LogP contribution in [0.3, 0.4) is 0 Å². The Bertz CT molecular complexity index is 689. The number of hydrogen-bond donors (Lipinski definition) is 1. The van der Waals surface area contributed by atoms with Crippen LogP contribution >= 0.6 is 11.3 Å². The maximum atomic E-state index is 12.6. The molecule has 1 aliphatic carbocycles. The molecule has 23 heavy (non-hydrogen) atoms. The molecule has 0 radical (unpaired) electrons. The molecule has 5 nitrogen and oxygen atoms in total. The highest BCUT2D eigenvalue weighted by Gasteiger charge is 2.20. The Morgan fingerprint density at radius 2 is 2.17 bits per heavy atom. The Morgan fingerprint density at radius 3 is 2.74 bits per heavy atom. The van der Waals surface area contributed by atoms with Crippen molar-refractivity contribution in [3.8, 4) is 0 Å². The number of rotatable bonds is 5. The average Bonchev–Trinajstić information content (AvgIpc) is 3.21. The van der Waals surface area contributed by atoms with E-state index >= 15 is 0 Å². The molecule has 1 aliphatic rings. The molecule has 2 heterocycles. The molecule has 120 valence electrons. The first-order valence-electron chi connectivity index (χ1n) is 7.77. The summed E-state index contributed by atoms with van der Waals surface area (Å²) in [5, 5.41) is 10.5. The SMILES string of the molecule is C=NN(C(=O)c1sccc1C)c1ccc(NC2CCCC2)nc1. The second-order valence-corrected chi connectivity index (χ2v) is 6.63. The lowest BCUT2D eigenvalue weighted by Gasteiger charge is -2.17. The Kier molecular flexibility index (Phi) is 4.71. The van der Waals surface area contributed by atoms with Gasteiger partial charge in [-0.25, -0.2) is 4.98 Å². The molecule has 2 aromatic heterocycles. The van der Waals surface area contributed by atoms with Crippen LogP contribution in [0.5, 0.6) is 0 Å². The van der Waals surface area contributed by atoms with E-state index < -0.39 is 0 Å². The molecule has 0 aromatic carbocycles. The molecule has 0 unspecified atom stereocenters. The number of nitrogens with one attached hydrogen (secondary N) is 1. The first-order chi connectivity index (χ1) is 11.2. The van der Waals surface area contributed by atoms with E-state index in [1.165, 1.54) is 42.0 Å². The van der Waals surface area contributed by atoms with E-state index in [1.807, 2.05) is 30.5 Å². The van der Waals surface area contributed by atoms with Crippen molar-refractivity contribution in [2.45, 2.75) is 38.6 Å². The van der Waals surface area contributed by atoms with Crippen LogP contribution in [-0.2, 0) is 0 Å². The zero-order chi connectivity index (χ0) is 16.2. The molecule has 1 saturated carbocycles. The van der Waals surface area contributed by atoms with E-state index in [4.69, 9.17) is 0 Å². The third-order valence-electron chi connectivity index (χ3n) is 4.09. The van der Waals surface area contributed by atoms with Crippen LogP contribution < -0.4 is 10.3 Å². The monoisotopic (exact) mass is 328 g/mol. The van der Waals surface area contributed by atoms with Crippen molar-refractivity contribution in [2.24, 2.45) is 5.10 Å². The van der Waals surface area contributed by atoms with Gasteiger partial charge in [-0.3, -0.25) is 4.79 Å².